The summed E-state index contributed by atoms with van der Waals surface area (Å²) in [6, 6.07) is 22.9. The highest BCUT2D eigenvalue weighted by atomic mass is 32.2. The van der Waals surface area contributed by atoms with Crippen LogP contribution in [-0.2, 0) is 48.4 Å². The normalized spacial score (nSPS) is 11.6. The van der Waals surface area contributed by atoms with Crippen LogP contribution in [0.2, 0.25) is 0 Å². The van der Waals surface area contributed by atoms with Gasteiger partial charge in [-0.1, -0.05) is 36.4 Å². The molecule has 68 heavy (non-hydrogen) atoms. The van der Waals surface area contributed by atoms with Crippen molar-refractivity contribution in [1.29, 1.82) is 0 Å². The predicted octanol–water partition coefficient (Wildman–Crippen LogP) is 6.49. The van der Waals surface area contributed by atoms with Crippen LogP contribution in [0.1, 0.15) is 41.4 Å². The molecule has 8 N–H and O–H groups in total. The maximum Gasteiger partial charge on any atom is 0.325 e. The molecule has 0 aliphatic heterocycles. The first-order valence-corrected chi connectivity index (χ1v) is 23.0. The van der Waals surface area contributed by atoms with Gasteiger partial charge in [0.1, 0.15) is 23.3 Å². The monoisotopic (exact) mass is 960 g/mol. The van der Waals surface area contributed by atoms with Gasteiger partial charge >= 0.3 is 6.03 Å². The van der Waals surface area contributed by atoms with Crippen molar-refractivity contribution in [2.45, 2.75) is 9.79 Å². The van der Waals surface area contributed by atoms with Crippen molar-refractivity contribution in [2.24, 2.45) is 28.2 Å². The van der Waals surface area contributed by atoms with Gasteiger partial charge in [-0.15, -0.1) is 0 Å². The van der Waals surface area contributed by atoms with Crippen LogP contribution in [0.4, 0.5) is 39.4 Å². The molecule has 4 aromatic carbocycles. The zero-order valence-electron chi connectivity index (χ0n) is 36.2. The predicted molar refractivity (Wildman–Crippen MR) is 254 cm³/mol. The zero-order chi connectivity index (χ0) is 48.8. The lowest BCUT2D eigenvalue weighted by molar-refractivity contribution is 0.101. The average Bonchev–Trinajstić information content (AvgIpc) is 4.05. The van der Waals surface area contributed by atoms with Crippen LogP contribution < -0.4 is 31.9 Å². The molecular formula is C45H40N10O11S2. The number of carbonyl (C=O) groups is 5. The summed E-state index contributed by atoms with van der Waals surface area (Å²) in [6.07, 6.45) is 6.01. The van der Waals surface area contributed by atoms with Crippen LogP contribution in [0.3, 0.4) is 0 Å². The first-order valence-electron chi connectivity index (χ1n) is 20.1. The highest BCUT2D eigenvalue weighted by Gasteiger charge is 2.21. The van der Waals surface area contributed by atoms with E-state index in [9.17, 15) is 49.9 Å². The number of aromatic nitrogens is 4. The Morgan fingerprint density at radius 2 is 0.721 bits per heavy atom. The van der Waals surface area contributed by atoms with Gasteiger partial charge in [-0.25, -0.2) is 4.79 Å². The number of benzene rings is 4. The second-order valence-corrected chi connectivity index (χ2v) is 18.5. The molecule has 4 aromatic heterocycles. The molecule has 0 saturated heterocycles. The van der Waals surface area contributed by atoms with Crippen LogP contribution in [0.5, 0.6) is 0 Å². The van der Waals surface area contributed by atoms with Crippen LogP contribution in [0.15, 0.2) is 132 Å². The molecule has 6 amide bonds. The molecule has 8 rings (SSSR count). The summed E-state index contributed by atoms with van der Waals surface area (Å²) in [6.45, 7) is 0. The van der Waals surface area contributed by atoms with Gasteiger partial charge in [0.05, 0.1) is 32.0 Å². The number of carbonyl (C=O) groups excluding carboxylic acids is 5. The van der Waals surface area contributed by atoms with E-state index in [-0.39, 0.29) is 55.3 Å². The van der Waals surface area contributed by atoms with Crippen molar-refractivity contribution in [3.63, 3.8) is 0 Å². The number of urea groups is 1. The van der Waals surface area contributed by atoms with Gasteiger partial charge in [0.2, 0.25) is 0 Å². The Bertz CT molecular complexity index is 3410. The van der Waals surface area contributed by atoms with Crippen LogP contribution in [0.25, 0.3) is 21.5 Å². The molecule has 0 aliphatic rings. The molecule has 0 bridgehead atoms. The number of rotatable bonds is 12. The van der Waals surface area contributed by atoms with Crippen molar-refractivity contribution in [2.75, 3.05) is 31.9 Å². The molecule has 0 unspecified atom stereocenters. The molecule has 0 fully saturated rings. The minimum atomic E-state index is -4.43. The zero-order valence-corrected chi connectivity index (χ0v) is 37.9. The lowest BCUT2D eigenvalue weighted by atomic mass is 10.1. The summed E-state index contributed by atoms with van der Waals surface area (Å²) < 4.78 is 71.4. The van der Waals surface area contributed by atoms with Gasteiger partial charge in [-0.3, -0.25) is 38.9 Å². The SMILES string of the molecule is Cn1cc(C(=O)Nc2cc(C(=O)Nc3cccc4cc(S(=O)(=O)O)ccc34)cn2C)cc1NC(=O)Nc1cc(C(=O)Nc2cc(C(=O)Nc3cccc4cc(S(=O)(=O)O)ccc34)cn2C)cn1C. The Labute approximate surface area is 386 Å². The highest BCUT2D eigenvalue weighted by molar-refractivity contribution is 7.86. The van der Waals surface area contributed by atoms with E-state index in [1.54, 1.807) is 73.7 Å². The third kappa shape index (κ3) is 9.70. The fourth-order valence-corrected chi connectivity index (χ4v) is 8.38. The molecule has 8 aromatic rings. The van der Waals surface area contributed by atoms with Crippen molar-refractivity contribution in [3.8, 4) is 0 Å². The lowest BCUT2D eigenvalue weighted by Gasteiger charge is -2.09. The molecular weight excluding hydrogens is 921 g/mol. The molecule has 0 spiro atoms. The van der Waals surface area contributed by atoms with Gasteiger partial charge in [0, 0.05) is 75.1 Å². The minimum absolute atomic E-state index is 0.180. The van der Waals surface area contributed by atoms with Gasteiger partial charge in [-0.2, -0.15) is 16.8 Å². The smallest absolute Gasteiger partial charge is 0.325 e. The van der Waals surface area contributed by atoms with Crippen molar-refractivity contribution in [3.05, 3.63) is 144 Å². The molecule has 21 nitrogen and oxygen atoms in total. The maximum atomic E-state index is 13.4. The van der Waals surface area contributed by atoms with Crippen LogP contribution in [-0.4, -0.2) is 73.9 Å². The van der Waals surface area contributed by atoms with Crippen LogP contribution >= 0.6 is 0 Å². The van der Waals surface area contributed by atoms with E-state index in [4.69, 9.17) is 0 Å². The first-order chi connectivity index (χ1) is 32.1. The van der Waals surface area contributed by atoms with Crippen LogP contribution in [0, 0.1) is 0 Å². The Hall–Kier alpha value is -8.51. The second kappa shape index (κ2) is 17.7. The molecule has 4 heterocycles. The topological polar surface area (TPSA) is 286 Å². The Morgan fingerprint density at radius 1 is 0.412 bits per heavy atom. The van der Waals surface area contributed by atoms with Crippen molar-refractivity contribution < 1.29 is 49.9 Å². The van der Waals surface area contributed by atoms with E-state index < -0.39 is 49.9 Å². The maximum absolute atomic E-state index is 13.4. The highest BCUT2D eigenvalue weighted by Crippen LogP contribution is 2.29. The average molecular weight is 961 g/mol. The largest absolute Gasteiger partial charge is 0.337 e. The minimum Gasteiger partial charge on any atom is -0.337 e. The first kappa shape index (κ1) is 46.0. The third-order valence-electron chi connectivity index (χ3n) is 10.8. The van der Waals surface area contributed by atoms with E-state index in [1.807, 2.05) is 0 Å². The number of hydrogen-bond acceptors (Lipinski definition) is 9. The summed E-state index contributed by atoms with van der Waals surface area (Å²) in [7, 11) is -2.36. The quantitative estimate of drug-likeness (QED) is 0.0612. The Morgan fingerprint density at radius 3 is 1.04 bits per heavy atom. The van der Waals surface area contributed by atoms with E-state index in [2.05, 4.69) is 31.9 Å². The number of nitrogens with zero attached hydrogens (tertiary/aromatic N) is 4. The Kier molecular flexibility index (Phi) is 12.0. The second-order valence-electron chi connectivity index (χ2n) is 15.6. The number of nitrogens with one attached hydrogen (secondary N) is 6. The number of anilines is 6. The lowest BCUT2D eigenvalue weighted by Crippen LogP contribution is -2.22. The molecule has 0 aliphatic carbocycles. The van der Waals surface area contributed by atoms with E-state index >= 15 is 0 Å². The summed E-state index contributed by atoms with van der Waals surface area (Å²) in [5.41, 5.74) is 1.56. The Balaban J connectivity index is 0.864. The summed E-state index contributed by atoms with van der Waals surface area (Å²) in [5.74, 6) is -1.03. The fourth-order valence-electron chi connectivity index (χ4n) is 7.34. The van der Waals surface area contributed by atoms with Gasteiger partial charge in [0.25, 0.3) is 43.9 Å². The number of hydrogen-bond donors (Lipinski definition) is 8. The van der Waals surface area contributed by atoms with E-state index in [1.165, 1.54) is 94.6 Å². The van der Waals surface area contributed by atoms with Gasteiger partial charge < -0.3 is 39.5 Å². The third-order valence-corrected chi connectivity index (χ3v) is 12.5. The molecule has 0 radical (unpaired) electrons. The number of fused-ring (bicyclic) bond motifs is 2. The summed E-state index contributed by atoms with van der Waals surface area (Å²) in [5, 5.41) is 18.5. The van der Waals surface area contributed by atoms with E-state index in [0.29, 0.717) is 32.9 Å². The molecule has 0 saturated carbocycles. The molecule has 23 heteroatoms. The van der Waals surface area contributed by atoms with Gasteiger partial charge in [0.15, 0.2) is 0 Å². The van der Waals surface area contributed by atoms with E-state index in [0.717, 1.165) is 0 Å². The summed E-state index contributed by atoms with van der Waals surface area (Å²) in [4.78, 5) is 65.9. The summed E-state index contributed by atoms with van der Waals surface area (Å²) >= 11 is 0. The number of amides is 6. The standard InChI is InChI=1S/C45H40N10O11S2/c1-52-21-27(41(56)46-35-9-5-7-25-15-31(67(61,62)63)11-13-33(25)35)17-37(52)48-43(58)29-19-39(54(3)23-29)50-45(60)51-40-20-30(24-55(40)4)44(59)49-38-18-28(22-53(38)2)42(57)47-36-10-6-8-26-16-32(68(64,65)66)12-14-34(26)36/h5-24H,1-4H3,(H,46,56)(H,47,57)(H,48,58)(H,49,59)(H2,50,51,60)(H,61,62,63)(H,64,65,66). The molecule has 0 atom stereocenters. The van der Waals surface area contributed by atoms with Crippen molar-refractivity contribution in [1.82, 2.24) is 18.3 Å². The fraction of sp³-hybridized carbons (Fsp3) is 0.0889. The molecule has 348 valence electrons. The number of aryl methyl sites for hydroxylation is 4. The van der Waals surface area contributed by atoms with Gasteiger partial charge in [-0.05, 0) is 71.4 Å². The van der Waals surface area contributed by atoms with Crippen molar-refractivity contribution >= 4 is 106 Å².